The molecule has 0 atom stereocenters. The Kier molecular flexibility index (Phi) is 3.31. The van der Waals surface area contributed by atoms with E-state index in [9.17, 15) is 0 Å². The van der Waals surface area contributed by atoms with Crippen LogP contribution in [0.3, 0.4) is 0 Å². The number of hydrogen-bond donors (Lipinski definition) is 0. The van der Waals surface area contributed by atoms with Crippen LogP contribution in [0.15, 0.2) is 60.7 Å². The standard InChI is InChI=1S/C20H20/c1-14(2)18-12-11-16-8-4-5-10-19(16)20(18)17-9-6-7-15(3)13-17/h4-14H,1-3H3. The Hall–Kier alpha value is -2.08. The summed E-state index contributed by atoms with van der Waals surface area (Å²) in [5.74, 6) is 0.523. The minimum absolute atomic E-state index is 0.523. The quantitative estimate of drug-likeness (QED) is 0.535. The van der Waals surface area contributed by atoms with Crippen molar-refractivity contribution in [2.24, 2.45) is 0 Å². The Morgan fingerprint density at radius 2 is 1.60 bits per heavy atom. The van der Waals surface area contributed by atoms with E-state index in [1.54, 1.807) is 0 Å². The van der Waals surface area contributed by atoms with Crippen LogP contribution in [0.25, 0.3) is 21.9 Å². The molecule has 3 aromatic rings. The van der Waals surface area contributed by atoms with Crippen LogP contribution in [-0.4, -0.2) is 0 Å². The third-order valence-electron chi connectivity index (χ3n) is 3.89. The highest BCUT2D eigenvalue weighted by Gasteiger charge is 2.12. The van der Waals surface area contributed by atoms with E-state index in [0.717, 1.165) is 0 Å². The maximum atomic E-state index is 2.29. The molecule has 0 fully saturated rings. The molecule has 0 spiro atoms. The normalized spacial score (nSPS) is 11.2. The molecule has 0 radical (unpaired) electrons. The van der Waals surface area contributed by atoms with E-state index in [2.05, 4.69) is 81.4 Å². The van der Waals surface area contributed by atoms with Crippen molar-refractivity contribution in [2.75, 3.05) is 0 Å². The summed E-state index contributed by atoms with van der Waals surface area (Å²) in [6.07, 6.45) is 0. The molecule has 0 saturated heterocycles. The van der Waals surface area contributed by atoms with E-state index in [0.29, 0.717) is 5.92 Å². The summed E-state index contributed by atoms with van der Waals surface area (Å²) in [5, 5.41) is 2.66. The number of fused-ring (bicyclic) bond motifs is 1. The predicted octanol–water partition coefficient (Wildman–Crippen LogP) is 5.94. The van der Waals surface area contributed by atoms with Crippen molar-refractivity contribution in [3.05, 3.63) is 71.8 Å². The summed E-state index contributed by atoms with van der Waals surface area (Å²) in [7, 11) is 0. The molecular weight excluding hydrogens is 240 g/mol. The summed E-state index contributed by atoms with van der Waals surface area (Å²) < 4.78 is 0. The van der Waals surface area contributed by atoms with E-state index >= 15 is 0 Å². The molecule has 0 aliphatic heterocycles. The lowest BCUT2D eigenvalue weighted by Gasteiger charge is -2.16. The highest BCUT2D eigenvalue weighted by atomic mass is 14.2. The average Bonchev–Trinajstić information content (AvgIpc) is 2.46. The molecule has 0 aromatic heterocycles. The van der Waals surface area contributed by atoms with Crippen molar-refractivity contribution in [1.29, 1.82) is 0 Å². The average molecular weight is 260 g/mol. The van der Waals surface area contributed by atoms with Gasteiger partial charge in [0, 0.05) is 0 Å². The van der Waals surface area contributed by atoms with E-state index in [1.165, 1.54) is 33.0 Å². The first kappa shape index (κ1) is 12.9. The molecule has 0 bridgehead atoms. The molecule has 3 aromatic carbocycles. The first-order valence-corrected chi connectivity index (χ1v) is 7.25. The molecule has 0 aliphatic rings. The fourth-order valence-corrected chi connectivity index (χ4v) is 2.89. The monoisotopic (exact) mass is 260 g/mol. The second-order valence-corrected chi connectivity index (χ2v) is 5.78. The molecule has 100 valence electrons. The maximum absolute atomic E-state index is 2.29. The van der Waals surface area contributed by atoms with Crippen molar-refractivity contribution < 1.29 is 0 Å². The molecule has 0 saturated carbocycles. The lowest BCUT2D eigenvalue weighted by atomic mass is 9.88. The van der Waals surface area contributed by atoms with Gasteiger partial charge >= 0.3 is 0 Å². The van der Waals surface area contributed by atoms with Gasteiger partial charge in [-0.3, -0.25) is 0 Å². The Bertz CT molecular complexity index is 751. The molecule has 0 nitrogen and oxygen atoms in total. The zero-order valence-electron chi connectivity index (χ0n) is 12.4. The molecule has 0 amide bonds. The lowest BCUT2D eigenvalue weighted by molar-refractivity contribution is 0.871. The fourth-order valence-electron chi connectivity index (χ4n) is 2.89. The molecule has 20 heavy (non-hydrogen) atoms. The smallest absolute Gasteiger partial charge is 0.00706 e. The Balaban J connectivity index is 2.38. The largest absolute Gasteiger partial charge is 0.0616 e. The SMILES string of the molecule is Cc1cccc(-c2c(C(C)C)ccc3ccccc23)c1. The number of hydrogen-bond acceptors (Lipinski definition) is 0. The Morgan fingerprint density at radius 1 is 0.800 bits per heavy atom. The van der Waals surface area contributed by atoms with Gasteiger partial charge in [-0.15, -0.1) is 0 Å². The highest BCUT2D eigenvalue weighted by Crippen LogP contribution is 2.36. The van der Waals surface area contributed by atoms with Crippen LogP contribution in [0.4, 0.5) is 0 Å². The van der Waals surface area contributed by atoms with Crippen molar-refractivity contribution >= 4 is 10.8 Å². The van der Waals surface area contributed by atoms with E-state index in [4.69, 9.17) is 0 Å². The second kappa shape index (κ2) is 5.13. The van der Waals surface area contributed by atoms with Crippen molar-refractivity contribution in [1.82, 2.24) is 0 Å². The molecular formula is C20H20. The van der Waals surface area contributed by atoms with E-state index in [-0.39, 0.29) is 0 Å². The first-order valence-electron chi connectivity index (χ1n) is 7.25. The van der Waals surface area contributed by atoms with Crippen LogP contribution >= 0.6 is 0 Å². The van der Waals surface area contributed by atoms with Gasteiger partial charge in [0.2, 0.25) is 0 Å². The number of benzene rings is 3. The lowest BCUT2D eigenvalue weighted by Crippen LogP contribution is -1.94. The van der Waals surface area contributed by atoms with Crippen LogP contribution in [-0.2, 0) is 0 Å². The molecule has 0 heteroatoms. The van der Waals surface area contributed by atoms with Crippen LogP contribution in [0.5, 0.6) is 0 Å². The topological polar surface area (TPSA) is 0 Å². The van der Waals surface area contributed by atoms with Crippen molar-refractivity contribution in [3.8, 4) is 11.1 Å². The van der Waals surface area contributed by atoms with E-state index < -0.39 is 0 Å². The number of aryl methyl sites for hydroxylation is 1. The van der Waals surface area contributed by atoms with E-state index in [1.807, 2.05) is 0 Å². The van der Waals surface area contributed by atoms with Gasteiger partial charge in [0.25, 0.3) is 0 Å². The summed E-state index contributed by atoms with van der Waals surface area (Å²) in [4.78, 5) is 0. The van der Waals surface area contributed by atoms with Gasteiger partial charge < -0.3 is 0 Å². The van der Waals surface area contributed by atoms with Crippen LogP contribution in [0.2, 0.25) is 0 Å². The van der Waals surface area contributed by atoms with Gasteiger partial charge in [0.15, 0.2) is 0 Å². The molecule has 0 unspecified atom stereocenters. The predicted molar refractivity (Wildman–Crippen MR) is 88.2 cm³/mol. The zero-order chi connectivity index (χ0) is 14.1. The Morgan fingerprint density at radius 3 is 2.35 bits per heavy atom. The maximum Gasteiger partial charge on any atom is -0.00706 e. The fraction of sp³-hybridized carbons (Fsp3) is 0.200. The second-order valence-electron chi connectivity index (χ2n) is 5.78. The summed E-state index contributed by atoms with van der Waals surface area (Å²) in [5.41, 5.74) is 5.45. The summed E-state index contributed by atoms with van der Waals surface area (Å²) in [6, 6.07) is 22.0. The molecule has 0 aliphatic carbocycles. The van der Waals surface area contributed by atoms with Crippen molar-refractivity contribution in [2.45, 2.75) is 26.7 Å². The van der Waals surface area contributed by atoms with Crippen LogP contribution in [0.1, 0.15) is 30.9 Å². The van der Waals surface area contributed by atoms with Gasteiger partial charge in [-0.1, -0.05) is 80.1 Å². The van der Waals surface area contributed by atoms with Gasteiger partial charge in [-0.05, 0) is 40.3 Å². The third kappa shape index (κ3) is 2.22. The number of rotatable bonds is 2. The Labute approximate surface area is 121 Å². The first-order chi connectivity index (χ1) is 9.66. The van der Waals surface area contributed by atoms with Gasteiger partial charge in [-0.2, -0.15) is 0 Å². The minimum atomic E-state index is 0.523. The van der Waals surface area contributed by atoms with Crippen LogP contribution in [0, 0.1) is 6.92 Å². The third-order valence-corrected chi connectivity index (χ3v) is 3.89. The zero-order valence-corrected chi connectivity index (χ0v) is 12.4. The van der Waals surface area contributed by atoms with Crippen LogP contribution < -0.4 is 0 Å². The highest BCUT2D eigenvalue weighted by molar-refractivity contribution is 5.98. The van der Waals surface area contributed by atoms with Crippen molar-refractivity contribution in [3.63, 3.8) is 0 Å². The molecule has 0 heterocycles. The van der Waals surface area contributed by atoms with Gasteiger partial charge in [0.1, 0.15) is 0 Å². The van der Waals surface area contributed by atoms with Gasteiger partial charge in [0.05, 0.1) is 0 Å². The molecule has 3 rings (SSSR count). The molecule has 0 N–H and O–H groups in total. The summed E-state index contributed by atoms with van der Waals surface area (Å²) >= 11 is 0. The minimum Gasteiger partial charge on any atom is -0.0616 e. The summed E-state index contributed by atoms with van der Waals surface area (Å²) in [6.45, 7) is 6.69. The van der Waals surface area contributed by atoms with Gasteiger partial charge in [-0.25, -0.2) is 0 Å².